The Balaban J connectivity index is 0.00000155. The zero-order valence-corrected chi connectivity index (χ0v) is 19.2. The van der Waals surface area contributed by atoms with Crippen LogP contribution in [0, 0.1) is 0 Å². The molecule has 1 N–H and O–H groups in total. The molecule has 0 spiro atoms. The largest absolute Gasteiger partial charge is 0.497 e. The van der Waals surface area contributed by atoms with Gasteiger partial charge in [0.25, 0.3) is 0 Å². The summed E-state index contributed by atoms with van der Waals surface area (Å²) in [6, 6.07) is 11.8. The Morgan fingerprint density at radius 2 is 1.97 bits per heavy atom. The van der Waals surface area contributed by atoms with Gasteiger partial charge in [0.2, 0.25) is 0 Å². The lowest BCUT2D eigenvalue weighted by Crippen LogP contribution is -2.16. The molecule has 2 heterocycles. The van der Waals surface area contributed by atoms with E-state index in [4.69, 9.17) is 9.47 Å². The summed E-state index contributed by atoms with van der Waals surface area (Å²) in [7, 11) is 1.64. The van der Waals surface area contributed by atoms with Crippen molar-refractivity contribution in [2.75, 3.05) is 13.7 Å². The first-order valence-corrected chi connectivity index (χ1v) is 10.8. The molecule has 3 rings (SSSR count). The molecule has 1 aromatic carbocycles. The molecule has 3 aromatic rings. The second-order valence-electron chi connectivity index (χ2n) is 6.82. The van der Waals surface area contributed by atoms with Crippen LogP contribution in [0.4, 0.5) is 0 Å². The topological polar surface area (TPSA) is 73.6 Å². The van der Waals surface area contributed by atoms with E-state index in [1.165, 1.54) is 0 Å². The fourth-order valence-corrected chi connectivity index (χ4v) is 3.76. The van der Waals surface area contributed by atoms with E-state index in [9.17, 15) is 9.90 Å². The summed E-state index contributed by atoms with van der Waals surface area (Å²) in [5, 5.41) is 11.3. The summed E-state index contributed by atoms with van der Waals surface area (Å²) in [6.07, 6.45) is 1.81. The van der Waals surface area contributed by atoms with Gasteiger partial charge in [-0.05, 0) is 50.6 Å². The van der Waals surface area contributed by atoms with E-state index in [2.05, 4.69) is 4.98 Å². The first-order chi connectivity index (χ1) is 14.3. The summed E-state index contributed by atoms with van der Waals surface area (Å²) in [4.78, 5) is 17.6. The predicted octanol–water partition coefficient (Wildman–Crippen LogP) is 4.97. The SMILES string of the molecule is CC.CCOC(=O)Cc1nc(C(C)(C)O)cn1-c1ccc(-c2cccc(OC)c2)s1. The van der Waals surface area contributed by atoms with Crippen LogP contribution < -0.4 is 4.74 Å². The first-order valence-electron chi connectivity index (χ1n) is 10.0. The van der Waals surface area contributed by atoms with Gasteiger partial charge in [-0.15, -0.1) is 11.3 Å². The van der Waals surface area contributed by atoms with Gasteiger partial charge in [0.05, 0.1) is 19.4 Å². The van der Waals surface area contributed by atoms with Crippen molar-refractivity contribution in [1.29, 1.82) is 0 Å². The van der Waals surface area contributed by atoms with Gasteiger partial charge in [-0.1, -0.05) is 26.0 Å². The van der Waals surface area contributed by atoms with Gasteiger partial charge >= 0.3 is 5.97 Å². The number of ether oxygens (including phenoxy) is 2. The minimum absolute atomic E-state index is 0.0380. The van der Waals surface area contributed by atoms with Crippen LogP contribution in [0.25, 0.3) is 15.4 Å². The highest BCUT2D eigenvalue weighted by Gasteiger charge is 2.24. The van der Waals surface area contributed by atoms with Gasteiger partial charge in [-0.25, -0.2) is 4.98 Å². The Labute approximate surface area is 182 Å². The van der Waals surface area contributed by atoms with Gasteiger partial charge in [0.1, 0.15) is 28.6 Å². The number of carbonyl (C=O) groups is 1. The normalized spacial score (nSPS) is 10.9. The molecule has 162 valence electrons. The van der Waals surface area contributed by atoms with E-state index in [1.54, 1.807) is 45.4 Å². The monoisotopic (exact) mass is 430 g/mol. The molecule has 0 aliphatic carbocycles. The molecule has 0 saturated carbocycles. The second-order valence-corrected chi connectivity index (χ2v) is 7.89. The summed E-state index contributed by atoms with van der Waals surface area (Å²) >= 11 is 1.57. The Kier molecular flexibility index (Phi) is 8.20. The Morgan fingerprint density at radius 3 is 2.60 bits per heavy atom. The maximum Gasteiger partial charge on any atom is 0.313 e. The van der Waals surface area contributed by atoms with Crippen molar-refractivity contribution in [3.63, 3.8) is 0 Å². The van der Waals surface area contributed by atoms with Gasteiger partial charge in [0.15, 0.2) is 0 Å². The maximum atomic E-state index is 12.0. The Morgan fingerprint density at radius 1 is 1.23 bits per heavy atom. The zero-order valence-electron chi connectivity index (χ0n) is 18.4. The number of hydrogen-bond donors (Lipinski definition) is 1. The molecular weight excluding hydrogens is 400 g/mol. The van der Waals surface area contributed by atoms with Crippen molar-refractivity contribution in [1.82, 2.24) is 9.55 Å². The average molecular weight is 431 g/mol. The smallest absolute Gasteiger partial charge is 0.313 e. The van der Waals surface area contributed by atoms with Crippen LogP contribution >= 0.6 is 11.3 Å². The summed E-state index contributed by atoms with van der Waals surface area (Å²) < 4.78 is 12.2. The van der Waals surface area contributed by atoms with Gasteiger partial charge in [-0.3, -0.25) is 9.36 Å². The molecule has 0 saturated heterocycles. The highest BCUT2D eigenvalue weighted by molar-refractivity contribution is 7.17. The average Bonchev–Trinajstić information content (AvgIpc) is 3.37. The number of benzene rings is 1. The van der Waals surface area contributed by atoms with E-state index in [0.29, 0.717) is 18.1 Å². The lowest BCUT2D eigenvalue weighted by Gasteiger charge is -2.12. The molecule has 0 unspecified atom stereocenters. The molecule has 6 nitrogen and oxygen atoms in total. The quantitative estimate of drug-likeness (QED) is 0.536. The van der Waals surface area contributed by atoms with E-state index in [0.717, 1.165) is 21.2 Å². The van der Waals surface area contributed by atoms with Crippen LogP contribution in [-0.4, -0.2) is 34.3 Å². The van der Waals surface area contributed by atoms with Gasteiger partial charge < -0.3 is 14.6 Å². The van der Waals surface area contributed by atoms with E-state index in [1.807, 2.05) is 54.8 Å². The molecular formula is C23H30N2O4S. The molecule has 0 amide bonds. The van der Waals surface area contributed by atoms with Crippen LogP contribution in [0.2, 0.25) is 0 Å². The third-order valence-corrected chi connectivity index (χ3v) is 5.33. The number of methoxy groups -OCH3 is 1. The number of nitrogens with zero attached hydrogens (tertiary/aromatic N) is 2. The lowest BCUT2D eigenvalue weighted by molar-refractivity contribution is -0.142. The number of hydrogen-bond acceptors (Lipinski definition) is 6. The molecule has 0 aliphatic heterocycles. The lowest BCUT2D eigenvalue weighted by atomic mass is 10.1. The second kappa shape index (κ2) is 10.4. The van der Waals surface area contributed by atoms with E-state index >= 15 is 0 Å². The third kappa shape index (κ3) is 5.70. The number of aromatic nitrogens is 2. The van der Waals surface area contributed by atoms with Crippen LogP contribution in [-0.2, 0) is 21.6 Å². The maximum absolute atomic E-state index is 12.0. The third-order valence-electron chi connectivity index (χ3n) is 4.20. The number of esters is 1. The molecule has 0 atom stereocenters. The number of rotatable bonds is 7. The first kappa shape index (κ1) is 23.6. The number of thiophene rings is 1. The summed E-state index contributed by atoms with van der Waals surface area (Å²) in [5.41, 5.74) is 0.440. The van der Waals surface area contributed by atoms with Crippen molar-refractivity contribution in [2.24, 2.45) is 0 Å². The van der Waals surface area contributed by atoms with Crippen molar-refractivity contribution >= 4 is 17.3 Å². The minimum Gasteiger partial charge on any atom is -0.497 e. The van der Waals surface area contributed by atoms with Crippen LogP contribution in [0.3, 0.4) is 0 Å². The van der Waals surface area contributed by atoms with Crippen LogP contribution in [0.5, 0.6) is 5.75 Å². The number of imidazole rings is 1. The molecule has 0 bridgehead atoms. The Hall–Kier alpha value is -2.64. The van der Waals surface area contributed by atoms with Crippen LogP contribution in [0.1, 0.15) is 46.1 Å². The molecule has 0 radical (unpaired) electrons. The molecule has 0 aliphatic rings. The van der Waals surface area contributed by atoms with Gasteiger partial charge in [0, 0.05) is 11.1 Å². The standard InChI is InChI=1S/C21H24N2O4S.C2H6/c1-5-27-20(24)12-18-22-17(21(2,3)25)13-23(18)19-10-9-16(28-19)14-7-6-8-15(11-14)26-4;1-2/h6-11,13,25H,5,12H2,1-4H3;1-2H3. The summed E-state index contributed by atoms with van der Waals surface area (Å²) in [6.45, 7) is 9.43. The highest BCUT2D eigenvalue weighted by Crippen LogP contribution is 2.33. The predicted molar refractivity (Wildman–Crippen MR) is 120 cm³/mol. The van der Waals surface area contributed by atoms with E-state index in [-0.39, 0.29) is 12.4 Å². The Bertz CT molecular complexity index is 970. The number of aliphatic hydroxyl groups is 1. The fourth-order valence-electron chi connectivity index (χ4n) is 2.76. The number of carbonyl (C=O) groups excluding carboxylic acids is 1. The van der Waals surface area contributed by atoms with E-state index < -0.39 is 5.60 Å². The summed E-state index contributed by atoms with van der Waals surface area (Å²) in [5.74, 6) is 0.984. The van der Waals surface area contributed by atoms with Crippen molar-refractivity contribution in [3.05, 3.63) is 54.1 Å². The van der Waals surface area contributed by atoms with Gasteiger partial charge in [-0.2, -0.15) is 0 Å². The molecule has 7 heteroatoms. The van der Waals surface area contributed by atoms with Crippen molar-refractivity contribution in [3.8, 4) is 21.2 Å². The zero-order chi connectivity index (χ0) is 22.3. The molecule has 2 aromatic heterocycles. The molecule has 0 fully saturated rings. The minimum atomic E-state index is -1.11. The van der Waals surface area contributed by atoms with Crippen molar-refractivity contribution < 1.29 is 19.4 Å². The highest BCUT2D eigenvalue weighted by atomic mass is 32.1. The van der Waals surface area contributed by atoms with Crippen molar-refractivity contribution in [2.45, 2.75) is 46.6 Å². The molecule has 30 heavy (non-hydrogen) atoms. The van der Waals surface area contributed by atoms with Crippen LogP contribution in [0.15, 0.2) is 42.6 Å². The fraction of sp³-hybridized carbons (Fsp3) is 0.391.